The van der Waals surface area contributed by atoms with Crippen LogP contribution in [0.5, 0.6) is 0 Å². The molecule has 1 aliphatic heterocycles. The predicted molar refractivity (Wildman–Crippen MR) is 68.7 cm³/mol. The third-order valence-corrected chi connectivity index (χ3v) is 4.59. The van der Waals surface area contributed by atoms with Crippen molar-refractivity contribution in [3.8, 4) is 0 Å². The Morgan fingerprint density at radius 3 is 2.89 bits per heavy atom. The molecule has 4 rings (SSSR count). The Morgan fingerprint density at radius 2 is 2.00 bits per heavy atom. The van der Waals surface area contributed by atoms with Crippen molar-refractivity contribution in [3.05, 3.63) is 11.8 Å². The summed E-state index contributed by atoms with van der Waals surface area (Å²) in [5.74, 6) is 2.19. The van der Waals surface area contributed by atoms with E-state index < -0.39 is 0 Å². The van der Waals surface area contributed by atoms with E-state index in [9.17, 15) is 0 Å². The van der Waals surface area contributed by atoms with Gasteiger partial charge in [-0.1, -0.05) is 12.8 Å². The number of aromatic nitrogens is 2. The van der Waals surface area contributed by atoms with Gasteiger partial charge in [-0.15, -0.1) is 10.2 Å². The highest BCUT2D eigenvalue weighted by atomic mass is 16.5. The molecule has 1 aromatic rings. The second-order valence-corrected chi connectivity index (χ2v) is 6.04. The van der Waals surface area contributed by atoms with Crippen molar-refractivity contribution in [1.29, 1.82) is 0 Å². The lowest BCUT2D eigenvalue weighted by molar-refractivity contribution is -0.0931. The van der Waals surface area contributed by atoms with Gasteiger partial charge in [0.2, 0.25) is 11.8 Å². The Balaban J connectivity index is 1.44. The van der Waals surface area contributed by atoms with Crippen LogP contribution in [0, 0.1) is 0 Å². The summed E-state index contributed by atoms with van der Waals surface area (Å²) in [5.41, 5.74) is 0. The predicted octanol–water partition coefficient (Wildman–Crippen LogP) is 2.09. The van der Waals surface area contributed by atoms with Crippen molar-refractivity contribution in [3.63, 3.8) is 0 Å². The highest BCUT2D eigenvalue weighted by molar-refractivity contribution is 5.00. The summed E-state index contributed by atoms with van der Waals surface area (Å²) in [7, 11) is 0. The van der Waals surface area contributed by atoms with Gasteiger partial charge in [-0.3, -0.25) is 4.90 Å². The number of ether oxygens (including phenoxy) is 1. The molecular weight excluding hydrogens is 242 g/mol. The van der Waals surface area contributed by atoms with E-state index in [1.807, 2.05) is 0 Å². The van der Waals surface area contributed by atoms with Crippen LogP contribution in [0.3, 0.4) is 0 Å². The molecule has 2 aliphatic carbocycles. The van der Waals surface area contributed by atoms with Crippen molar-refractivity contribution >= 4 is 0 Å². The van der Waals surface area contributed by atoms with Crippen LogP contribution in [0.2, 0.25) is 0 Å². The van der Waals surface area contributed by atoms with E-state index in [0.717, 1.165) is 31.5 Å². The molecule has 1 saturated heterocycles. The molecule has 5 heteroatoms. The summed E-state index contributed by atoms with van der Waals surface area (Å²) in [5, 5.41) is 8.38. The van der Waals surface area contributed by atoms with Crippen LogP contribution in [0.1, 0.15) is 56.2 Å². The van der Waals surface area contributed by atoms with Crippen LogP contribution in [0.25, 0.3) is 0 Å². The molecule has 0 bridgehead atoms. The van der Waals surface area contributed by atoms with Crippen LogP contribution in [0.15, 0.2) is 4.42 Å². The first-order valence-corrected chi connectivity index (χ1v) is 7.58. The van der Waals surface area contributed by atoms with Gasteiger partial charge in [0.25, 0.3) is 0 Å². The standard InChI is InChI=1S/C14H21N3O2/c1-2-4-12-11(3-1)17(7-8-18-12)9-13-15-16-14(19-13)10-5-6-10/h10-12H,1-9H2. The molecule has 2 unspecified atom stereocenters. The molecule has 19 heavy (non-hydrogen) atoms. The first-order valence-electron chi connectivity index (χ1n) is 7.58. The SMILES string of the molecule is C1CCC2C(C1)OCCN2Cc1nnc(C2CC2)o1. The number of rotatable bonds is 3. The van der Waals surface area contributed by atoms with Crippen molar-refractivity contribution in [2.75, 3.05) is 13.2 Å². The molecule has 0 spiro atoms. The lowest BCUT2D eigenvalue weighted by atomic mass is 9.90. The first-order chi connectivity index (χ1) is 9.40. The smallest absolute Gasteiger partial charge is 0.230 e. The minimum Gasteiger partial charge on any atom is -0.424 e. The summed E-state index contributed by atoms with van der Waals surface area (Å²) in [6.07, 6.45) is 7.92. The molecule has 2 heterocycles. The van der Waals surface area contributed by atoms with Crippen LogP contribution in [-0.4, -0.2) is 40.4 Å². The van der Waals surface area contributed by atoms with Gasteiger partial charge in [-0.05, 0) is 25.7 Å². The van der Waals surface area contributed by atoms with Crippen LogP contribution < -0.4 is 0 Å². The van der Waals surface area contributed by atoms with Gasteiger partial charge in [-0.2, -0.15) is 0 Å². The summed E-state index contributed by atoms with van der Waals surface area (Å²) in [6.45, 7) is 2.62. The van der Waals surface area contributed by atoms with Crippen molar-refractivity contribution < 1.29 is 9.15 Å². The van der Waals surface area contributed by atoms with Gasteiger partial charge in [0.05, 0.1) is 19.3 Å². The summed E-state index contributed by atoms with van der Waals surface area (Å²) < 4.78 is 11.7. The van der Waals surface area contributed by atoms with Gasteiger partial charge in [0, 0.05) is 18.5 Å². The number of nitrogens with zero attached hydrogens (tertiary/aromatic N) is 3. The quantitative estimate of drug-likeness (QED) is 0.835. The zero-order valence-electron chi connectivity index (χ0n) is 11.3. The largest absolute Gasteiger partial charge is 0.424 e. The Hall–Kier alpha value is -0.940. The Morgan fingerprint density at radius 1 is 1.11 bits per heavy atom. The molecule has 0 radical (unpaired) electrons. The van der Waals surface area contributed by atoms with E-state index in [4.69, 9.17) is 9.15 Å². The molecule has 1 aromatic heterocycles. The van der Waals surface area contributed by atoms with E-state index in [-0.39, 0.29) is 0 Å². The van der Waals surface area contributed by atoms with E-state index in [1.165, 1.54) is 38.5 Å². The Kier molecular flexibility index (Phi) is 3.04. The Labute approximate surface area is 113 Å². The number of morpholine rings is 1. The average Bonchev–Trinajstić information content (AvgIpc) is 3.20. The maximum Gasteiger partial charge on any atom is 0.230 e. The fourth-order valence-electron chi connectivity index (χ4n) is 3.37. The third kappa shape index (κ3) is 2.41. The van der Waals surface area contributed by atoms with Crippen LogP contribution in [-0.2, 0) is 11.3 Å². The molecule has 5 nitrogen and oxygen atoms in total. The first kappa shape index (κ1) is 11.9. The topological polar surface area (TPSA) is 51.4 Å². The molecule has 2 saturated carbocycles. The second-order valence-electron chi connectivity index (χ2n) is 6.04. The number of hydrogen-bond donors (Lipinski definition) is 0. The molecule has 3 fully saturated rings. The van der Waals surface area contributed by atoms with Crippen molar-refractivity contribution in [2.45, 2.75) is 63.1 Å². The highest BCUT2D eigenvalue weighted by Crippen LogP contribution is 2.39. The summed E-state index contributed by atoms with van der Waals surface area (Å²) in [4.78, 5) is 2.48. The van der Waals surface area contributed by atoms with Gasteiger partial charge in [0.15, 0.2) is 0 Å². The third-order valence-electron chi connectivity index (χ3n) is 4.59. The average molecular weight is 263 g/mol. The molecule has 0 N–H and O–H groups in total. The lowest BCUT2D eigenvalue weighted by Gasteiger charge is -2.43. The molecule has 0 amide bonds. The van der Waals surface area contributed by atoms with Crippen LogP contribution in [0.4, 0.5) is 0 Å². The van der Waals surface area contributed by atoms with E-state index in [1.54, 1.807) is 0 Å². The maximum atomic E-state index is 5.89. The summed E-state index contributed by atoms with van der Waals surface area (Å²) >= 11 is 0. The van der Waals surface area contributed by atoms with Crippen molar-refractivity contribution in [1.82, 2.24) is 15.1 Å². The number of fused-ring (bicyclic) bond motifs is 1. The molecule has 0 aromatic carbocycles. The second kappa shape index (κ2) is 4.87. The van der Waals surface area contributed by atoms with E-state index in [2.05, 4.69) is 15.1 Å². The lowest BCUT2D eigenvalue weighted by Crippen LogP contribution is -2.52. The van der Waals surface area contributed by atoms with Crippen LogP contribution >= 0.6 is 0 Å². The highest BCUT2D eigenvalue weighted by Gasteiger charge is 2.35. The van der Waals surface area contributed by atoms with Gasteiger partial charge >= 0.3 is 0 Å². The summed E-state index contributed by atoms with van der Waals surface area (Å²) in [6, 6.07) is 0.554. The fraction of sp³-hybridized carbons (Fsp3) is 0.857. The van der Waals surface area contributed by atoms with Crippen molar-refractivity contribution in [2.24, 2.45) is 0 Å². The van der Waals surface area contributed by atoms with E-state index >= 15 is 0 Å². The Bertz CT molecular complexity index is 442. The van der Waals surface area contributed by atoms with Gasteiger partial charge < -0.3 is 9.15 Å². The minimum absolute atomic E-state index is 0.424. The number of hydrogen-bond acceptors (Lipinski definition) is 5. The monoisotopic (exact) mass is 263 g/mol. The molecule has 104 valence electrons. The van der Waals surface area contributed by atoms with Gasteiger partial charge in [-0.25, -0.2) is 0 Å². The zero-order chi connectivity index (χ0) is 12.7. The van der Waals surface area contributed by atoms with E-state index in [0.29, 0.717) is 18.1 Å². The van der Waals surface area contributed by atoms with Gasteiger partial charge in [0.1, 0.15) is 0 Å². The minimum atomic E-state index is 0.424. The molecule has 3 aliphatic rings. The molecule has 2 atom stereocenters. The maximum absolute atomic E-state index is 5.89. The normalized spacial score (nSPS) is 32.2. The fourth-order valence-corrected chi connectivity index (χ4v) is 3.37. The zero-order valence-corrected chi connectivity index (χ0v) is 11.3. The molecular formula is C14H21N3O2.